The smallest absolute Gasteiger partial charge is 0.416 e. The van der Waals surface area contributed by atoms with Gasteiger partial charge in [0.15, 0.2) is 12.6 Å². The number of likely N-dealkylation sites (tertiary alicyclic amines) is 1. The van der Waals surface area contributed by atoms with E-state index in [4.69, 9.17) is 23.7 Å². The minimum Gasteiger partial charge on any atom is -0.467 e. The van der Waals surface area contributed by atoms with Gasteiger partial charge < -0.3 is 39.2 Å². The number of aromatic nitrogens is 2. The molecule has 1 aliphatic heterocycles. The fraction of sp³-hybridized carbons (Fsp3) is 0.486. The molecule has 0 radical (unpaired) electrons. The van der Waals surface area contributed by atoms with E-state index in [0.717, 1.165) is 17.7 Å². The minimum atomic E-state index is -4.66. The van der Waals surface area contributed by atoms with Crippen molar-refractivity contribution in [3.05, 3.63) is 70.3 Å². The van der Waals surface area contributed by atoms with Crippen molar-refractivity contribution in [2.45, 2.75) is 78.1 Å². The molecule has 0 spiro atoms. The van der Waals surface area contributed by atoms with Crippen molar-refractivity contribution >= 4 is 18.0 Å². The number of anilines is 1. The molecule has 0 bridgehead atoms. The zero-order valence-electron chi connectivity index (χ0n) is 29.1. The van der Waals surface area contributed by atoms with Crippen molar-refractivity contribution in [1.82, 2.24) is 20.4 Å². The zero-order valence-corrected chi connectivity index (χ0v) is 29.1. The van der Waals surface area contributed by atoms with Crippen LogP contribution in [0.3, 0.4) is 0 Å². The third-order valence-electron chi connectivity index (χ3n) is 7.76. The Bertz CT molecular complexity index is 1620. The summed E-state index contributed by atoms with van der Waals surface area (Å²) < 4.78 is 68.7. The number of hydrogen-bond donors (Lipinski definition) is 2. The van der Waals surface area contributed by atoms with Gasteiger partial charge in [-0.3, -0.25) is 0 Å². The van der Waals surface area contributed by atoms with Crippen LogP contribution in [0.15, 0.2) is 42.5 Å². The van der Waals surface area contributed by atoms with Crippen LogP contribution in [0.25, 0.3) is 11.3 Å². The molecule has 1 atom stereocenters. The second-order valence-electron chi connectivity index (χ2n) is 12.8. The summed E-state index contributed by atoms with van der Waals surface area (Å²) >= 11 is 0. The Morgan fingerprint density at radius 3 is 2.42 bits per heavy atom. The van der Waals surface area contributed by atoms with Gasteiger partial charge in [0.25, 0.3) is 0 Å². The number of alkyl carbamates (subject to hydrolysis) is 1. The van der Waals surface area contributed by atoms with Gasteiger partial charge in [-0.1, -0.05) is 30.3 Å². The Hall–Kier alpha value is -4.63. The van der Waals surface area contributed by atoms with Crippen LogP contribution in [0.2, 0.25) is 0 Å². The van der Waals surface area contributed by atoms with Crippen molar-refractivity contribution < 1.29 is 46.4 Å². The Kier molecular flexibility index (Phi) is 12.9. The summed E-state index contributed by atoms with van der Waals surface area (Å²) in [4.78, 5) is 27.3. The summed E-state index contributed by atoms with van der Waals surface area (Å²) in [5, 5.41) is 15.1. The molecule has 1 aromatic heterocycles. The van der Waals surface area contributed by atoms with E-state index in [1.165, 1.54) is 14.2 Å². The van der Waals surface area contributed by atoms with E-state index >= 15 is 0 Å². The maximum absolute atomic E-state index is 13.9. The van der Waals surface area contributed by atoms with Crippen LogP contribution in [-0.2, 0) is 44.9 Å². The quantitative estimate of drug-likeness (QED) is 0.193. The Labute approximate surface area is 289 Å². The van der Waals surface area contributed by atoms with E-state index in [1.807, 2.05) is 30.3 Å². The first-order valence-electron chi connectivity index (χ1n) is 16.1. The summed E-state index contributed by atoms with van der Waals surface area (Å²) in [6.45, 7) is 7.44. The fourth-order valence-corrected chi connectivity index (χ4v) is 5.45. The number of halogens is 3. The molecule has 50 heavy (non-hydrogen) atoms. The van der Waals surface area contributed by atoms with Crippen molar-refractivity contribution in [3.63, 3.8) is 0 Å². The average molecular weight is 704 g/mol. The number of alkyl halides is 3. The highest BCUT2D eigenvalue weighted by molar-refractivity contribution is 5.77. The van der Waals surface area contributed by atoms with Gasteiger partial charge in [-0.05, 0) is 69.4 Å². The molecule has 0 saturated carbocycles. The highest BCUT2D eigenvalue weighted by atomic mass is 19.4. The number of amides is 2. The first-order chi connectivity index (χ1) is 23.7. The van der Waals surface area contributed by atoms with Crippen molar-refractivity contribution in [1.29, 1.82) is 0 Å². The molecule has 272 valence electrons. The van der Waals surface area contributed by atoms with E-state index in [2.05, 4.69) is 20.8 Å². The van der Waals surface area contributed by atoms with Gasteiger partial charge >= 0.3 is 18.4 Å². The maximum Gasteiger partial charge on any atom is 0.416 e. The number of carbonyl (C=O) groups is 2. The lowest BCUT2D eigenvalue weighted by molar-refractivity contribution is -0.137. The Balaban J connectivity index is 1.72. The number of nitrogens with one attached hydrogen (secondary N) is 2. The molecule has 12 nitrogen and oxygen atoms in total. The van der Waals surface area contributed by atoms with E-state index in [1.54, 1.807) is 32.6 Å². The average Bonchev–Trinajstić information content (AvgIpc) is 3.06. The van der Waals surface area contributed by atoms with Crippen LogP contribution < -0.4 is 15.4 Å². The normalized spacial score (nSPS) is 15.0. The standard InChI is InChI=1S/C35H44F3N5O7/c1-22-27(17-39-32(44)48-19-23-11-8-7-9-12-23)31(40-26-13-10-14-43(18-26)33(45)50-34(2,3)4)42-41-30(22)29-24(20-46-5)15-25(35(36,37)38)16-28(29)49-21-47-6/h7-9,11-12,15-16,26H,10,13-14,17-21H2,1-6H3,(H,39,44)(H,40,42)/t26-/m1/s1. The van der Waals surface area contributed by atoms with Gasteiger partial charge in [-0.15, -0.1) is 10.2 Å². The molecule has 3 aromatic rings. The van der Waals surface area contributed by atoms with Gasteiger partial charge in [0.05, 0.1) is 24.3 Å². The molecule has 1 saturated heterocycles. The van der Waals surface area contributed by atoms with Gasteiger partial charge in [0.1, 0.15) is 23.7 Å². The lowest BCUT2D eigenvalue weighted by Gasteiger charge is -2.35. The molecule has 15 heteroatoms. The molecule has 1 fully saturated rings. The predicted octanol–water partition coefficient (Wildman–Crippen LogP) is 6.84. The van der Waals surface area contributed by atoms with E-state index in [-0.39, 0.29) is 55.2 Å². The van der Waals surface area contributed by atoms with E-state index in [9.17, 15) is 22.8 Å². The number of rotatable bonds is 12. The Morgan fingerprint density at radius 1 is 1.02 bits per heavy atom. The highest BCUT2D eigenvalue weighted by Gasteiger charge is 2.34. The number of ether oxygens (including phenoxy) is 5. The number of carbonyl (C=O) groups excluding carboxylic acids is 2. The molecular weight excluding hydrogens is 659 g/mol. The summed E-state index contributed by atoms with van der Waals surface area (Å²) in [5.74, 6) is 0.193. The third-order valence-corrected chi connectivity index (χ3v) is 7.76. The molecule has 4 rings (SSSR count). The number of nitrogens with zero attached hydrogens (tertiary/aromatic N) is 3. The summed E-state index contributed by atoms with van der Waals surface area (Å²) in [5.41, 5.74) is 0.831. The first kappa shape index (κ1) is 38.2. The molecule has 0 aliphatic carbocycles. The van der Waals surface area contributed by atoms with Crippen LogP contribution in [0.1, 0.15) is 61.4 Å². The molecule has 2 heterocycles. The number of piperidine rings is 1. The largest absolute Gasteiger partial charge is 0.467 e. The topological polar surface area (TPSA) is 133 Å². The molecule has 0 unspecified atom stereocenters. The van der Waals surface area contributed by atoms with E-state index < -0.39 is 29.5 Å². The van der Waals surface area contributed by atoms with Gasteiger partial charge in [0, 0.05) is 38.9 Å². The number of benzene rings is 2. The lowest BCUT2D eigenvalue weighted by Crippen LogP contribution is -2.47. The zero-order chi connectivity index (χ0) is 36.5. The maximum atomic E-state index is 13.9. The van der Waals surface area contributed by atoms with Crippen LogP contribution in [0.5, 0.6) is 5.75 Å². The van der Waals surface area contributed by atoms with Crippen LogP contribution in [0.4, 0.5) is 28.6 Å². The van der Waals surface area contributed by atoms with E-state index in [0.29, 0.717) is 42.9 Å². The summed E-state index contributed by atoms with van der Waals surface area (Å²) in [6, 6.07) is 10.8. The molecule has 2 aromatic carbocycles. The number of hydrogen-bond acceptors (Lipinski definition) is 10. The van der Waals surface area contributed by atoms with Crippen molar-refractivity contribution in [3.8, 4) is 17.0 Å². The minimum absolute atomic E-state index is 0.0469. The highest BCUT2D eigenvalue weighted by Crippen LogP contribution is 2.41. The monoisotopic (exact) mass is 703 g/mol. The van der Waals surface area contributed by atoms with Gasteiger partial charge in [-0.25, -0.2) is 9.59 Å². The summed E-state index contributed by atoms with van der Waals surface area (Å²) in [7, 11) is 2.72. The molecule has 2 N–H and O–H groups in total. The predicted molar refractivity (Wildman–Crippen MR) is 178 cm³/mol. The SMILES string of the molecule is COCOc1cc(C(F)(F)F)cc(COC)c1-c1nnc(N[C@@H]2CCCN(C(=O)OC(C)(C)C)C2)c(CNC(=O)OCc2ccccc2)c1C. The first-order valence-corrected chi connectivity index (χ1v) is 16.1. The van der Waals surface area contributed by atoms with Crippen molar-refractivity contribution in [2.24, 2.45) is 0 Å². The Morgan fingerprint density at radius 2 is 1.76 bits per heavy atom. The van der Waals surface area contributed by atoms with Crippen molar-refractivity contribution in [2.75, 3.05) is 39.4 Å². The summed E-state index contributed by atoms with van der Waals surface area (Å²) in [6.07, 6.45) is -4.37. The van der Waals surface area contributed by atoms with Gasteiger partial charge in [0.2, 0.25) is 0 Å². The number of methoxy groups -OCH3 is 2. The van der Waals surface area contributed by atoms with Gasteiger partial charge in [-0.2, -0.15) is 13.2 Å². The van der Waals surface area contributed by atoms with Crippen LogP contribution in [-0.4, -0.2) is 73.0 Å². The molecular formula is C35H44F3N5O7. The fourth-order valence-electron chi connectivity index (χ4n) is 5.45. The lowest BCUT2D eigenvalue weighted by atomic mass is 9.95. The molecule has 1 aliphatic rings. The van der Waals surface area contributed by atoms with Crippen LogP contribution in [0, 0.1) is 6.92 Å². The van der Waals surface area contributed by atoms with Crippen LogP contribution >= 0.6 is 0 Å². The molecule has 2 amide bonds. The second-order valence-corrected chi connectivity index (χ2v) is 12.8. The third kappa shape index (κ3) is 10.4. The second kappa shape index (κ2) is 16.9.